The van der Waals surface area contributed by atoms with E-state index < -0.39 is 12.1 Å². The van der Waals surface area contributed by atoms with Crippen molar-refractivity contribution in [1.29, 1.82) is 0 Å². The van der Waals surface area contributed by atoms with E-state index in [1.807, 2.05) is 0 Å². The number of nitrogens with one attached hydrogen (secondary N) is 1. The molecule has 0 bridgehead atoms. The van der Waals surface area contributed by atoms with Gasteiger partial charge in [-0.25, -0.2) is 0 Å². The Hall–Kier alpha value is -1.66. The Morgan fingerprint density at radius 1 is 0.304 bits per heavy atom. The fourth-order valence-electron chi connectivity index (χ4n) is 13.8. The molecular formula is C86H167NO5. The molecule has 92 heavy (non-hydrogen) atoms. The molecule has 0 rings (SSSR count). The number of hydrogen-bond acceptors (Lipinski definition) is 5. The lowest BCUT2D eigenvalue weighted by molar-refractivity contribution is -0.143. The number of rotatable bonds is 81. The van der Waals surface area contributed by atoms with Crippen LogP contribution in [0.15, 0.2) is 24.3 Å². The SMILES string of the molecule is CCCCCCCCCCCCCCCCCCCCCC(=O)OCCCCCCCCCCCCCCC/C=C\C/C=C\CCCCCCCCCCCCCCCCCCCC(=O)NC(CO)C(O)CCCCCCCCCCCCCCCCCCCCC. The van der Waals surface area contributed by atoms with Crippen molar-refractivity contribution in [2.45, 2.75) is 501 Å². The third-order valence-electron chi connectivity index (χ3n) is 20.3. The normalized spacial score (nSPS) is 12.5. The predicted octanol–water partition coefficient (Wildman–Crippen LogP) is 28.4. The number of amides is 1. The molecule has 0 radical (unpaired) electrons. The lowest BCUT2D eigenvalue weighted by Gasteiger charge is -2.22. The van der Waals surface area contributed by atoms with Gasteiger partial charge in [0.25, 0.3) is 0 Å². The van der Waals surface area contributed by atoms with Crippen LogP contribution in [0.5, 0.6) is 0 Å². The van der Waals surface area contributed by atoms with Crippen molar-refractivity contribution in [3.8, 4) is 0 Å². The molecule has 546 valence electrons. The van der Waals surface area contributed by atoms with Gasteiger partial charge in [0.2, 0.25) is 5.91 Å². The maximum Gasteiger partial charge on any atom is 0.305 e. The maximum atomic E-state index is 12.6. The lowest BCUT2D eigenvalue weighted by Crippen LogP contribution is -2.45. The Labute approximate surface area is 577 Å². The van der Waals surface area contributed by atoms with Crippen LogP contribution in [0.4, 0.5) is 0 Å². The quantitative estimate of drug-likeness (QED) is 0.0320. The van der Waals surface area contributed by atoms with Crippen LogP contribution in [0.3, 0.4) is 0 Å². The van der Waals surface area contributed by atoms with E-state index in [0.717, 1.165) is 44.9 Å². The van der Waals surface area contributed by atoms with Gasteiger partial charge < -0.3 is 20.3 Å². The zero-order valence-electron chi connectivity index (χ0n) is 62.8. The first-order valence-electron chi connectivity index (χ1n) is 42.6. The highest BCUT2D eigenvalue weighted by Crippen LogP contribution is 2.21. The topological polar surface area (TPSA) is 95.9 Å². The molecule has 2 atom stereocenters. The van der Waals surface area contributed by atoms with Gasteiger partial charge in [-0.15, -0.1) is 0 Å². The van der Waals surface area contributed by atoms with E-state index in [4.69, 9.17) is 4.74 Å². The van der Waals surface area contributed by atoms with E-state index in [1.54, 1.807) is 0 Å². The summed E-state index contributed by atoms with van der Waals surface area (Å²) in [6.45, 7) is 5.02. The Kier molecular flexibility index (Phi) is 80.3. The Morgan fingerprint density at radius 3 is 0.826 bits per heavy atom. The molecular weight excluding hydrogens is 1130 g/mol. The first-order chi connectivity index (χ1) is 45.5. The summed E-state index contributed by atoms with van der Waals surface area (Å²) in [6.07, 6.45) is 106. The molecule has 6 heteroatoms. The van der Waals surface area contributed by atoms with Crippen LogP contribution >= 0.6 is 0 Å². The van der Waals surface area contributed by atoms with E-state index in [9.17, 15) is 19.8 Å². The van der Waals surface area contributed by atoms with Gasteiger partial charge in [0.05, 0.1) is 25.4 Å². The van der Waals surface area contributed by atoms with Crippen molar-refractivity contribution in [2.75, 3.05) is 13.2 Å². The Bertz CT molecular complexity index is 1450. The highest BCUT2D eigenvalue weighted by molar-refractivity contribution is 5.76. The molecule has 0 saturated heterocycles. The van der Waals surface area contributed by atoms with E-state index in [-0.39, 0.29) is 18.5 Å². The summed E-state index contributed by atoms with van der Waals surface area (Å²) in [4.78, 5) is 24.7. The van der Waals surface area contributed by atoms with Gasteiger partial charge in [-0.3, -0.25) is 9.59 Å². The third-order valence-corrected chi connectivity index (χ3v) is 20.3. The first-order valence-corrected chi connectivity index (χ1v) is 42.6. The minimum absolute atomic E-state index is 0.0248. The van der Waals surface area contributed by atoms with Crippen molar-refractivity contribution in [1.82, 2.24) is 5.32 Å². The average molecular weight is 1300 g/mol. The molecule has 6 nitrogen and oxygen atoms in total. The van der Waals surface area contributed by atoms with Crippen molar-refractivity contribution < 1.29 is 24.5 Å². The van der Waals surface area contributed by atoms with Crippen molar-refractivity contribution in [2.24, 2.45) is 0 Å². The molecule has 1 amide bonds. The van der Waals surface area contributed by atoms with Gasteiger partial charge in [-0.2, -0.15) is 0 Å². The van der Waals surface area contributed by atoms with Crippen LogP contribution in [-0.2, 0) is 14.3 Å². The summed E-state index contributed by atoms with van der Waals surface area (Å²) in [5.41, 5.74) is 0. The second-order valence-electron chi connectivity index (χ2n) is 29.5. The lowest BCUT2D eigenvalue weighted by atomic mass is 10.0. The van der Waals surface area contributed by atoms with Gasteiger partial charge in [0.1, 0.15) is 0 Å². The molecule has 0 aliphatic heterocycles. The predicted molar refractivity (Wildman–Crippen MR) is 407 cm³/mol. The average Bonchev–Trinajstić information content (AvgIpc) is 3.61. The largest absolute Gasteiger partial charge is 0.466 e. The molecule has 0 spiro atoms. The number of allylic oxidation sites excluding steroid dienone is 4. The van der Waals surface area contributed by atoms with E-state index in [0.29, 0.717) is 25.9 Å². The van der Waals surface area contributed by atoms with Gasteiger partial charge in [0.15, 0.2) is 0 Å². The Morgan fingerprint density at radius 2 is 0.543 bits per heavy atom. The highest BCUT2D eigenvalue weighted by Gasteiger charge is 2.20. The fourth-order valence-corrected chi connectivity index (χ4v) is 13.8. The number of unbranched alkanes of at least 4 members (excludes halogenated alkanes) is 66. The second kappa shape index (κ2) is 81.8. The summed E-state index contributed by atoms with van der Waals surface area (Å²) in [7, 11) is 0. The smallest absolute Gasteiger partial charge is 0.305 e. The molecule has 0 aromatic rings. The monoisotopic (exact) mass is 1290 g/mol. The number of aliphatic hydroxyl groups is 2. The molecule has 0 aliphatic rings. The minimum Gasteiger partial charge on any atom is -0.466 e. The third kappa shape index (κ3) is 77.3. The standard InChI is InChI=1S/C86H167NO5/c1-3-5-7-9-11-13-15-17-19-21-42-46-50-54-58-62-66-70-74-78-84(89)83(82-88)87-85(90)79-75-71-67-63-59-55-51-47-44-40-38-36-34-32-30-28-26-24-23-25-27-29-31-33-35-37-39-41-45-49-53-57-61-65-69-73-77-81-92-86(91)80-76-72-68-64-60-56-52-48-43-22-20-18-16-14-12-10-8-6-4-2/h23,25,29,31,83-84,88-89H,3-22,24,26-28,30,32-82H2,1-2H3,(H,87,90)/b25-23-,31-29-. The van der Waals surface area contributed by atoms with Gasteiger partial charge >= 0.3 is 5.97 Å². The number of aliphatic hydroxyl groups excluding tert-OH is 2. The van der Waals surface area contributed by atoms with E-state index in [1.165, 1.54) is 411 Å². The molecule has 0 aromatic carbocycles. The van der Waals surface area contributed by atoms with Crippen molar-refractivity contribution in [3.63, 3.8) is 0 Å². The fraction of sp³-hybridized carbons (Fsp3) is 0.930. The van der Waals surface area contributed by atoms with Crippen LogP contribution in [0.2, 0.25) is 0 Å². The molecule has 0 heterocycles. The molecule has 2 unspecified atom stereocenters. The van der Waals surface area contributed by atoms with Crippen LogP contribution in [0.1, 0.15) is 489 Å². The zero-order chi connectivity index (χ0) is 66.3. The van der Waals surface area contributed by atoms with Crippen molar-refractivity contribution >= 4 is 11.9 Å². The summed E-state index contributed by atoms with van der Waals surface area (Å²) in [5.74, 6) is -0.00230. The van der Waals surface area contributed by atoms with Gasteiger partial charge in [-0.05, 0) is 57.8 Å². The molecule has 0 aromatic heterocycles. The van der Waals surface area contributed by atoms with Crippen LogP contribution in [0, 0.1) is 0 Å². The zero-order valence-corrected chi connectivity index (χ0v) is 62.8. The van der Waals surface area contributed by atoms with Gasteiger partial charge in [-0.1, -0.05) is 443 Å². The van der Waals surface area contributed by atoms with E-state index >= 15 is 0 Å². The number of carbonyl (C=O) groups excluding carboxylic acids is 2. The minimum atomic E-state index is -0.663. The van der Waals surface area contributed by atoms with Gasteiger partial charge in [0, 0.05) is 12.8 Å². The second-order valence-corrected chi connectivity index (χ2v) is 29.5. The van der Waals surface area contributed by atoms with Crippen LogP contribution in [0.25, 0.3) is 0 Å². The highest BCUT2D eigenvalue weighted by atomic mass is 16.5. The number of esters is 1. The number of ether oxygens (including phenoxy) is 1. The summed E-state index contributed by atoms with van der Waals surface area (Å²) in [6, 6.07) is -0.540. The summed E-state index contributed by atoms with van der Waals surface area (Å²) in [5, 5.41) is 23.4. The van der Waals surface area contributed by atoms with Crippen molar-refractivity contribution in [3.05, 3.63) is 24.3 Å². The summed E-state index contributed by atoms with van der Waals surface area (Å²) < 4.78 is 5.52. The first kappa shape index (κ1) is 90.3. The summed E-state index contributed by atoms with van der Waals surface area (Å²) >= 11 is 0. The molecule has 0 saturated carbocycles. The van der Waals surface area contributed by atoms with E-state index in [2.05, 4.69) is 43.5 Å². The molecule has 0 fully saturated rings. The molecule has 3 N–H and O–H groups in total. The maximum absolute atomic E-state index is 12.6. The number of carbonyl (C=O) groups is 2. The Balaban J connectivity index is 3.34. The molecule has 0 aliphatic carbocycles. The van der Waals surface area contributed by atoms with Crippen LogP contribution < -0.4 is 5.32 Å². The van der Waals surface area contributed by atoms with Crippen LogP contribution in [-0.4, -0.2) is 47.4 Å². The number of hydrogen-bond donors (Lipinski definition) is 3.